The Kier molecular flexibility index (Phi) is 4.69. The lowest BCUT2D eigenvalue weighted by Gasteiger charge is -2.35. The summed E-state index contributed by atoms with van der Waals surface area (Å²) in [7, 11) is 0. The van der Waals surface area contributed by atoms with Crippen molar-refractivity contribution in [1.29, 1.82) is 0 Å². The van der Waals surface area contributed by atoms with Gasteiger partial charge in [0.2, 0.25) is 5.56 Å². The fourth-order valence-corrected chi connectivity index (χ4v) is 4.44. The van der Waals surface area contributed by atoms with Gasteiger partial charge in [0.25, 0.3) is 0 Å². The summed E-state index contributed by atoms with van der Waals surface area (Å²) >= 11 is 1.21. The predicted octanol–water partition coefficient (Wildman–Crippen LogP) is 2.43. The summed E-state index contributed by atoms with van der Waals surface area (Å²) in [6, 6.07) is 8.05. The summed E-state index contributed by atoms with van der Waals surface area (Å²) in [6.07, 6.45) is 2.53. The molecule has 148 valence electrons. The lowest BCUT2D eigenvalue weighted by Crippen LogP contribution is -2.47. The molecule has 1 aromatic carbocycles. The summed E-state index contributed by atoms with van der Waals surface area (Å²) in [5, 5.41) is 0.900. The molecule has 1 aliphatic rings. The molecule has 1 saturated heterocycles. The lowest BCUT2D eigenvalue weighted by atomic mass is 10.1. The average molecular weight is 410 g/mol. The van der Waals surface area contributed by atoms with E-state index in [1.807, 2.05) is 6.07 Å². The Hall–Kier alpha value is -2.91. The molecule has 0 saturated carbocycles. The molecular weight excluding hydrogens is 391 g/mol. The smallest absolute Gasteiger partial charge is 0.248 e. The van der Waals surface area contributed by atoms with E-state index >= 15 is 0 Å². The number of rotatable bonds is 4. The van der Waals surface area contributed by atoms with Crippen LogP contribution in [0.2, 0.25) is 0 Å². The van der Waals surface area contributed by atoms with E-state index in [0.717, 1.165) is 66.9 Å². The van der Waals surface area contributed by atoms with Gasteiger partial charge in [0, 0.05) is 50.4 Å². The zero-order valence-corrected chi connectivity index (χ0v) is 16.5. The van der Waals surface area contributed by atoms with Crippen molar-refractivity contribution in [2.45, 2.75) is 6.42 Å². The number of aromatic nitrogens is 4. The van der Waals surface area contributed by atoms with Crippen LogP contribution in [0.1, 0.15) is 5.56 Å². The normalized spacial score (nSPS) is 15.4. The second-order valence-electron chi connectivity index (χ2n) is 7.19. The Labute approximate surface area is 170 Å². The van der Waals surface area contributed by atoms with E-state index in [1.165, 1.54) is 23.9 Å². The Morgan fingerprint density at radius 3 is 2.83 bits per heavy atom. The largest absolute Gasteiger partial charge is 0.352 e. The monoisotopic (exact) mass is 410 g/mol. The molecule has 0 spiro atoms. The molecule has 0 radical (unpaired) electrons. The number of halogens is 1. The quantitative estimate of drug-likeness (QED) is 0.557. The highest BCUT2D eigenvalue weighted by atomic mass is 32.1. The van der Waals surface area contributed by atoms with E-state index in [0.29, 0.717) is 5.52 Å². The first-order valence-electron chi connectivity index (χ1n) is 9.53. The minimum absolute atomic E-state index is 0.195. The van der Waals surface area contributed by atoms with Gasteiger partial charge in [-0.05, 0) is 36.2 Å². The first-order chi connectivity index (χ1) is 14.2. The Morgan fingerprint density at radius 2 is 1.97 bits per heavy atom. The molecule has 7 nitrogen and oxygen atoms in total. The molecule has 3 aromatic heterocycles. The van der Waals surface area contributed by atoms with Gasteiger partial charge < -0.3 is 9.88 Å². The molecule has 1 fully saturated rings. The van der Waals surface area contributed by atoms with E-state index in [4.69, 9.17) is 0 Å². The topological polar surface area (TPSA) is 78.0 Å². The van der Waals surface area contributed by atoms with Gasteiger partial charge in [-0.3, -0.25) is 9.69 Å². The van der Waals surface area contributed by atoms with Crippen LogP contribution >= 0.6 is 11.7 Å². The van der Waals surface area contributed by atoms with Crippen LogP contribution in [0.5, 0.6) is 0 Å². The van der Waals surface area contributed by atoms with Crippen LogP contribution in [0.4, 0.5) is 10.2 Å². The van der Waals surface area contributed by atoms with Crippen LogP contribution in [0.25, 0.3) is 21.9 Å². The van der Waals surface area contributed by atoms with Gasteiger partial charge in [-0.15, -0.1) is 0 Å². The summed E-state index contributed by atoms with van der Waals surface area (Å²) in [5.74, 6) is 0.555. The van der Waals surface area contributed by atoms with Crippen LogP contribution in [0.3, 0.4) is 0 Å². The van der Waals surface area contributed by atoms with E-state index in [-0.39, 0.29) is 11.4 Å². The van der Waals surface area contributed by atoms with Gasteiger partial charge in [-0.2, -0.15) is 8.75 Å². The number of anilines is 1. The highest BCUT2D eigenvalue weighted by Crippen LogP contribution is 2.23. The van der Waals surface area contributed by atoms with Crippen LogP contribution in [0.15, 0.2) is 41.3 Å². The van der Waals surface area contributed by atoms with E-state index in [9.17, 15) is 9.18 Å². The number of hydrogen-bond acceptors (Lipinski definition) is 7. The number of benzene rings is 1. The number of nitrogens with one attached hydrogen (secondary N) is 1. The molecule has 0 bridgehead atoms. The number of hydrogen-bond donors (Lipinski definition) is 1. The van der Waals surface area contributed by atoms with Crippen molar-refractivity contribution in [2.24, 2.45) is 0 Å². The van der Waals surface area contributed by atoms with Gasteiger partial charge in [-0.1, -0.05) is 0 Å². The number of aromatic amines is 1. The number of H-pyrrole nitrogens is 1. The zero-order valence-electron chi connectivity index (χ0n) is 15.6. The minimum atomic E-state index is -0.347. The van der Waals surface area contributed by atoms with E-state index in [1.54, 1.807) is 18.3 Å². The fraction of sp³-hybridized carbons (Fsp3) is 0.300. The second kappa shape index (κ2) is 7.49. The summed E-state index contributed by atoms with van der Waals surface area (Å²) < 4.78 is 22.2. The van der Waals surface area contributed by atoms with Crippen LogP contribution in [-0.2, 0) is 6.42 Å². The third-order valence-corrected chi connectivity index (χ3v) is 5.96. The summed E-state index contributed by atoms with van der Waals surface area (Å²) in [4.78, 5) is 23.8. The first-order valence-corrected chi connectivity index (χ1v) is 10.3. The number of pyridine rings is 2. The van der Waals surface area contributed by atoms with Gasteiger partial charge >= 0.3 is 0 Å². The highest BCUT2D eigenvalue weighted by Gasteiger charge is 2.21. The number of fused-ring (bicyclic) bond motifs is 2. The Morgan fingerprint density at radius 1 is 1.10 bits per heavy atom. The maximum atomic E-state index is 13.5. The summed E-state index contributed by atoms with van der Waals surface area (Å²) in [5.41, 5.74) is 3.06. The van der Waals surface area contributed by atoms with Gasteiger partial charge in [-0.25, -0.2) is 9.37 Å². The SMILES string of the molecule is O=c1cc(CCN2CCN(c3nccc4nsnc34)CC2)c2ccc(F)cc2[nH]1. The van der Waals surface area contributed by atoms with Crippen molar-refractivity contribution in [3.63, 3.8) is 0 Å². The van der Waals surface area contributed by atoms with Crippen molar-refractivity contribution >= 4 is 39.5 Å². The van der Waals surface area contributed by atoms with E-state index in [2.05, 4.69) is 28.5 Å². The molecule has 9 heteroatoms. The van der Waals surface area contributed by atoms with Gasteiger partial charge in [0.05, 0.1) is 17.2 Å². The molecular formula is C20H19FN6OS. The third kappa shape index (κ3) is 3.58. The lowest BCUT2D eigenvalue weighted by molar-refractivity contribution is 0.261. The maximum Gasteiger partial charge on any atom is 0.248 e. The molecule has 5 rings (SSSR count). The molecule has 4 heterocycles. The van der Waals surface area contributed by atoms with Crippen LogP contribution in [0, 0.1) is 5.82 Å². The zero-order chi connectivity index (χ0) is 19.8. The Balaban J connectivity index is 1.27. The molecule has 4 aromatic rings. The number of nitrogens with zero attached hydrogens (tertiary/aromatic N) is 5. The molecule has 0 aliphatic carbocycles. The predicted molar refractivity (Wildman–Crippen MR) is 112 cm³/mol. The van der Waals surface area contributed by atoms with Gasteiger partial charge in [0.1, 0.15) is 16.9 Å². The van der Waals surface area contributed by atoms with Crippen molar-refractivity contribution < 1.29 is 4.39 Å². The molecule has 0 atom stereocenters. The standard InChI is InChI=1S/C20H19FN6OS/c21-14-1-2-15-13(11-18(28)23-17(15)12-14)4-6-26-7-9-27(10-8-26)20-19-16(3-5-22-20)24-29-25-19/h1-3,5,11-12H,4,6-10H2,(H,23,28). The minimum Gasteiger partial charge on any atom is -0.352 e. The number of piperazine rings is 1. The average Bonchev–Trinajstić information content (AvgIpc) is 3.21. The second-order valence-corrected chi connectivity index (χ2v) is 7.72. The molecule has 0 amide bonds. The first kappa shape index (κ1) is 18.1. The molecule has 1 aliphatic heterocycles. The van der Waals surface area contributed by atoms with Crippen molar-refractivity contribution in [3.05, 3.63) is 58.3 Å². The Bertz CT molecular complexity index is 1230. The molecule has 0 unspecified atom stereocenters. The van der Waals surface area contributed by atoms with Crippen molar-refractivity contribution in [2.75, 3.05) is 37.6 Å². The molecule has 1 N–H and O–H groups in total. The van der Waals surface area contributed by atoms with Crippen molar-refractivity contribution in [1.82, 2.24) is 23.6 Å². The molecule has 29 heavy (non-hydrogen) atoms. The fourth-order valence-electron chi connectivity index (χ4n) is 3.90. The maximum absolute atomic E-state index is 13.5. The summed E-state index contributed by atoms with van der Waals surface area (Å²) in [6.45, 7) is 4.40. The third-order valence-electron chi connectivity index (χ3n) is 5.41. The van der Waals surface area contributed by atoms with Gasteiger partial charge in [0.15, 0.2) is 5.82 Å². The van der Waals surface area contributed by atoms with Crippen LogP contribution in [-0.4, -0.2) is 56.3 Å². The highest BCUT2D eigenvalue weighted by molar-refractivity contribution is 7.00. The van der Waals surface area contributed by atoms with Crippen molar-refractivity contribution in [3.8, 4) is 0 Å². The van der Waals surface area contributed by atoms with E-state index < -0.39 is 0 Å². The van der Waals surface area contributed by atoms with Crippen LogP contribution < -0.4 is 10.5 Å².